The summed E-state index contributed by atoms with van der Waals surface area (Å²) >= 11 is 0. The van der Waals surface area contributed by atoms with Crippen LogP contribution in [-0.4, -0.2) is 33.9 Å². The zero-order chi connectivity index (χ0) is 13.5. The van der Waals surface area contributed by atoms with Gasteiger partial charge in [-0.25, -0.2) is 0 Å². The van der Waals surface area contributed by atoms with Crippen LogP contribution in [0, 0.1) is 11.3 Å². The lowest BCUT2D eigenvalue weighted by atomic mass is 9.75. The minimum atomic E-state index is -1.10. The summed E-state index contributed by atoms with van der Waals surface area (Å²) in [5.41, 5.74) is -1.10. The molecule has 0 aliphatic carbocycles. The summed E-state index contributed by atoms with van der Waals surface area (Å²) in [7, 11) is 0. The van der Waals surface area contributed by atoms with Crippen molar-refractivity contribution >= 4 is 11.9 Å². The maximum atomic E-state index is 11.3. The molecular formula is C12H22O5. The van der Waals surface area contributed by atoms with Gasteiger partial charge in [-0.1, -0.05) is 13.8 Å². The molecule has 0 aliphatic rings. The Labute approximate surface area is 101 Å². The first-order valence-electron chi connectivity index (χ1n) is 5.90. The van der Waals surface area contributed by atoms with Gasteiger partial charge in [-0.05, 0) is 31.6 Å². The van der Waals surface area contributed by atoms with E-state index in [2.05, 4.69) is 0 Å². The summed E-state index contributed by atoms with van der Waals surface area (Å²) in [4.78, 5) is 21.9. The molecule has 0 bridgehead atoms. The third-order valence-electron chi connectivity index (χ3n) is 3.06. The second-order valence-corrected chi connectivity index (χ2v) is 4.89. The molecule has 0 fully saturated rings. The normalized spacial score (nSPS) is 14.6. The molecule has 0 spiro atoms. The largest absolute Gasteiger partial charge is 0.481 e. The van der Waals surface area contributed by atoms with Crippen molar-refractivity contribution in [2.75, 3.05) is 6.61 Å². The number of carboxylic acid groups (broad SMARTS) is 2. The van der Waals surface area contributed by atoms with Gasteiger partial charge in [0.1, 0.15) is 0 Å². The summed E-state index contributed by atoms with van der Waals surface area (Å²) in [6.07, 6.45) is 1.14. The molecule has 0 amide bonds. The van der Waals surface area contributed by atoms with Crippen LogP contribution < -0.4 is 0 Å². The van der Waals surface area contributed by atoms with Crippen LogP contribution in [0.5, 0.6) is 0 Å². The summed E-state index contributed by atoms with van der Waals surface area (Å²) in [5, 5.41) is 26.9. The molecule has 5 nitrogen and oxygen atoms in total. The molecule has 0 aromatic heterocycles. The van der Waals surface area contributed by atoms with Crippen LogP contribution in [0.2, 0.25) is 0 Å². The number of aliphatic carboxylic acids is 2. The fourth-order valence-corrected chi connectivity index (χ4v) is 1.82. The van der Waals surface area contributed by atoms with Gasteiger partial charge in [0.05, 0.1) is 5.41 Å². The molecule has 0 aliphatic heterocycles. The van der Waals surface area contributed by atoms with Gasteiger partial charge in [-0.2, -0.15) is 0 Å². The van der Waals surface area contributed by atoms with Gasteiger partial charge in [0, 0.05) is 13.0 Å². The van der Waals surface area contributed by atoms with E-state index in [1.165, 1.54) is 0 Å². The van der Waals surface area contributed by atoms with Gasteiger partial charge in [-0.3, -0.25) is 9.59 Å². The fourth-order valence-electron chi connectivity index (χ4n) is 1.82. The van der Waals surface area contributed by atoms with Gasteiger partial charge in [-0.15, -0.1) is 0 Å². The second kappa shape index (κ2) is 7.27. The molecule has 1 unspecified atom stereocenters. The van der Waals surface area contributed by atoms with Gasteiger partial charge in [0.2, 0.25) is 0 Å². The van der Waals surface area contributed by atoms with Crippen molar-refractivity contribution in [3.05, 3.63) is 0 Å². The van der Waals surface area contributed by atoms with Crippen LogP contribution in [0.4, 0.5) is 0 Å². The zero-order valence-corrected chi connectivity index (χ0v) is 10.5. The molecule has 3 N–H and O–H groups in total. The van der Waals surface area contributed by atoms with Crippen LogP contribution in [0.3, 0.4) is 0 Å². The van der Waals surface area contributed by atoms with Gasteiger partial charge < -0.3 is 15.3 Å². The molecule has 0 aromatic rings. The molecule has 0 saturated carbocycles. The summed E-state index contributed by atoms with van der Waals surface area (Å²) in [6.45, 7) is 3.75. The quantitative estimate of drug-likeness (QED) is 0.576. The molecule has 1 atom stereocenters. The van der Waals surface area contributed by atoms with Gasteiger partial charge >= 0.3 is 11.9 Å². The summed E-state index contributed by atoms with van der Waals surface area (Å²) < 4.78 is 0. The predicted molar refractivity (Wildman–Crippen MR) is 62.7 cm³/mol. The van der Waals surface area contributed by atoms with E-state index in [1.54, 1.807) is 0 Å². The van der Waals surface area contributed by atoms with Crippen molar-refractivity contribution in [2.45, 2.75) is 46.0 Å². The number of hydrogen-bond acceptors (Lipinski definition) is 3. The van der Waals surface area contributed by atoms with Crippen LogP contribution >= 0.6 is 0 Å². The average molecular weight is 246 g/mol. The maximum Gasteiger partial charge on any atom is 0.309 e. The minimum Gasteiger partial charge on any atom is -0.481 e. The smallest absolute Gasteiger partial charge is 0.309 e. The number of rotatable bonds is 9. The number of carbonyl (C=O) groups is 2. The molecule has 0 rings (SSSR count). The third kappa shape index (κ3) is 5.68. The Morgan fingerprint density at radius 1 is 1.12 bits per heavy atom. The molecule has 0 heterocycles. The monoisotopic (exact) mass is 246 g/mol. The number of aliphatic hydroxyl groups excluding tert-OH is 1. The Balaban J connectivity index is 4.72. The highest BCUT2D eigenvalue weighted by molar-refractivity contribution is 5.76. The number of aliphatic hydroxyl groups is 1. The standard InChI is InChI=1S/C12H22O5/c1-9(2)3-5-12(7-8-13,11(16)17)6-4-10(14)15/h9,13H,3-8H2,1-2H3,(H,14,15)(H,16,17). The van der Waals surface area contributed by atoms with E-state index in [4.69, 9.17) is 10.2 Å². The van der Waals surface area contributed by atoms with Crippen LogP contribution in [-0.2, 0) is 9.59 Å². The topological polar surface area (TPSA) is 94.8 Å². The minimum absolute atomic E-state index is 0.0744. The van der Waals surface area contributed by atoms with Crippen LogP contribution in [0.25, 0.3) is 0 Å². The van der Waals surface area contributed by atoms with Crippen LogP contribution in [0.1, 0.15) is 46.0 Å². The van der Waals surface area contributed by atoms with E-state index in [0.29, 0.717) is 18.8 Å². The molecule has 17 heavy (non-hydrogen) atoms. The molecule has 0 saturated heterocycles. The molecule has 100 valence electrons. The Hall–Kier alpha value is -1.10. The van der Waals surface area contributed by atoms with Crippen molar-refractivity contribution in [1.29, 1.82) is 0 Å². The zero-order valence-electron chi connectivity index (χ0n) is 10.5. The van der Waals surface area contributed by atoms with Crippen molar-refractivity contribution < 1.29 is 24.9 Å². The summed E-state index contributed by atoms with van der Waals surface area (Å²) in [5.74, 6) is -1.65. The first-order chi connectivity index (χ1) is 7.84. The van der Waals surface area contributed by atoms with Crippen molar-refractivity contribution in [3.63, 3.8) is 0 Å². The van der Waals surface area contributed by atoms with E-state index < -0.39 is 17.4 Å². The highest BCUT2D eigenvalue weighted by atomic mass is 16.4. The van der Waals surface area contributed by atoms with Gasteiger partial charge in [0.15, 0.2) is 0 Å². The van der Waals surface area contributed by atoms with Gasteiger partial charge in [0.25, 0.3) is 0 Å². The lowest BCUT2D eigenvalue weighted by molar-refractivity contribution is -0.152. The number of hydrogen-bond donors (Lipinski definition) is 3. The van der Waals surface area contributed by atoms with Crippen molar-refractivity contribution in [2.24, 2.45) is 11.3 Å². The maximum absolute atomic E-state index is 11.3. The first-order valence-corrected chi connectivity index (χ1v) is 5.90. The van der Waals surface area contributed by atoms with Crippen molar-refractivity contribution in [3.8, 4) is 0 Å². The Morgan fingerprint density at radius 3 is 2.06 bits per heavy atom. The molecular weight excluding hydrogens is 224 g/mol. The van der Waals surface area contributed by atoms with E-state index in [-0.39, 0.29) is 25.9 Å². The van der Waals surface area contributed by atoms with Crippen molar-refractivity contribution in [1.82, 2.24) is 0 Å². The highest BCUT2D eigenvalue weighted by Crippen LogP contribution is 2.35. The lowest BCUT2D eigenvalue weighted by Gasteiger charge is -2.29. The Bertz CT molecular complexity index is 262. The van der Waals surface area contributed by atoms with E-state index in [9.17, 15) is 14.7 Å². The molecule has 0 aromatic carbocycles. The lowest BCUT2D eigenvalue weighted by Crippen LogP contribution is -2.33. The molecule has 5 heteroatoms. The molecule has 0 radical (unpaired) electrons. The SMILES string of the molecule is CC(C)CCC(CCO)(CCC(=O)O)C(=O)O. The summed E-state index contributed by atoms with van der Waals surface area (Å²) in [6, 6.07) is 0. The third-order valence-corrected chi connectivity index (χ3v) is 3.06. The van der Waals surface area contributed by atoms with E-state index in [1.807, 2.05) is 13.8 Å². The van der Waals surface area contributed by atoms with E-state index >= 15 is 0 Å². The predicted octanol–water partition coefficient (Wildman–Crippen LogP) is 1.74. The Morgan fingerprint density at radius 2 is 1.71 bits per heavy atom. The van der Waals surface area contributed by atoms with Crippen LogP contribution in [0.15, 0.2) is 0 Å². The van der Waals surface area contributed by atoms with E-state index in [0.717, 1.165) is 0 Å². The average Bonchev–Trinajstić information content (AvgIpc) is 2.21. The Kier molecular flexibility index (Phi) is 6.80. The highest BCUT2D eigenvalue weighted by Gasteiger charge is 2.37. The number of carboxylic acids is 2. The first kappa shape index (κ1) is 15.9. The second-order valence-electron chi connectivity index (χ2n) is 4.89. The fraction of sp³-hybridized carbons (Fsp3) is 0.833.